The summed E-state index contributed by atoms with van der Waals surface area (Å²) in [4.78, 5) is 23.2. The molecule has 116 valence electrons. The van der Waals surface area contributed by atoms with Gasteiger partial charge in [-0.15, -0.1) is 0 Å². The molecule has 0 saturated carbocycles. The van der Waals surface area contributed by atoms with Gasteiger partial charge in [-0.25, -0.2) is 0 Å². The highest BCUT2D eigenvalue weighted by molar-refractivity contribution is 6.32. The van der Waals surface area contributed by atoms with Gasteiger partial charge >= 0.3 is 0 Å². The minimum Gasteiger partial charge on any atom is -0.495 e. The van der Waals surface area contributed by atoms with Crippen LogP contribution in [0, 0.1) is 5.92 Å². The molecular weight excluding hydrogens is 292 g/mol. The monoisotopic (exact) mass is 312 g/mol. The fraction of sp³-hybridized carbons (Fsp3) is 0.467. The van der Waals surface area contributed by atoms with Crippen LogP contribution >= 0.6 is 11.6 Å². The van der Waals surface area contributed by atoms with Crippen molar-refractivity contribution in [3.05, 3.63) is 28.8 Å². The molecule has 3 N–H and O–H groups in total. The maximum Gasteiger partial charge on any atom is 0.240 e. The van der Waals surface area contributed by atoms with E-state index >= 15 is 0 Å². The van der Waals surface area contributed by atoms with Crippen LogP contribution < -0.4 is 15.8 Å². The summed E-state index contributed by atoms with van der Waals surface area (Å²) in [5, 5.41) is 3.11. The number of nitrogens with one attached hydrogen (secondary N) is 1. The lowest BCUT2D eigenvalue weighted by Crippen LogP contribution is -2.46. The summed E-state index contributed by atoms with van der Waals surface area (Å²) >= 11 is 6.04. The zero-order chi connectivity index (χ0) is 16.0. The largest absolute Gasteiger partial charge is 0.495 e. The van der Waals surface area contributed by atoms with Crippen molar-refractivity contribution in [1.29, 1.82) is 0 Å². The van der Waals surface area contributed by atoms with Gasteiger partial charge in [0.05, 0.1) is 12.1 Å². The first-order valence-electron chi connectivity index (χ1n) is 6.74. The third kappa shape index (κ3) is 5.63. The van der Waals surface area contributed by atoms with Gasteiger partial charge in [-0.2, -0.15) is 0 Å². The van der Waals surface area contributed by atoms with Crippen molar-refractivity contribution in [1.82, 2.24) is 5.32 Å². The zero-order valence-electron chi connectivity index (χ0n) is 12.5. The van der Waals surface area contributed by atoms with Crippen molar-refractivity contribution < 1.29 is 14.3 Å². The summed E-state index contributed by atoms with van der Waals surface area (Å²) < 4.78 is 5.07. The van der Waals surface area contributed by atoms with Crippen LogP contribution in [0.25, 0.3) is 0 Å². The Kier molecular flexibility index (Phi) is 6.49. The van der Waals surface area contributed by atoms with E-state index in [1.807, 2.05) is 13.8 Å². The number of carbonyl (C=O) groups is 2. The van der Waals surface area contributed by atoms with Crippen LogP contribution in [0.1, 0.15) is 25.8 Å². The van der Waals surface area contributed by atoms with Crippen LogP contribution in [0.2, 0.25) is 5.02 Å². The lowest BCUT2D eigenvalue weighted by Gasteiger charge is -2.17. The molecule has 0 unspecified atom stereocenters. The predicted molar refractivity (Wildman–Crippen MR) is 82.3 cm³/mol. The molecular formula is C15H21ClN2O3. The number of rotatable bonds is 7. The number of hydrogen-bond donors (Lipinski definition) is 2. The molecule has 0 aromatic heterocycles. The van der Waals surface area contributed by atoms with Crippen molar-refractivity contribution in [2.45, 2.75) is 32.7 Å². The van der Waals surface area contributed by atoms with E-state index in [9.17, 15) is 9.59 Å². The Hall–Kier alpha value is -1.75. The van der Waals surface area contributed by atoms with Crippen molar-refractivity contribution in [2.24, 2.45) is 11.7 Å². The second-order valence-corrected chi connectivity index (χ2v) is 5.70. The minimum atomic E-state index is -0.749. The summed E-state index contributed by atoms with van der Waals surface area (Å²) in [6.45, 7) is 3.87. The number of hydrogen-bond acceptors (Lipinski definition) is 3. The Morgan fingerprint density at radius 1 is 1.38 bits per heavy atom. The van der Waals surface area contributed by atoms with Gasteiger partial charge in [0.25, 0.3) is 0 Å². The zero-order valence-corrected chi connectivity index (χ0v) is 13.2. The third-order valence-corrected chi connectivity index (χ3v) is 3.22. The van der Waals surface area contributed by atoms with Gasteiger partial charge in [-0.1, -0.05) is 31.5 Å². The normalized spacial score (nSPS) is 12.0. The quantitative estimate of drug-likeness (QED) is 0.807. The maximum absolute atomic E-state index is 11.8. The van der Waals surface area contributed by atoms with Crippen LogP contribution in [-0.4, -0.2) is 25.0 Å². The highest BCUT2D eigenvalue weighted by Gasteiger charge is 2.19. The molecule has 5 nitrogen and oxygen atoms in total. The second-order valence-electron chi connectivity index (χ2n) is 5.29. The molecule has 1 aromatic carbocycles. The topological polar surface area (TPSA) is 81.4 Å². The molecule has 6 heteroatoms. The molecule has 1 aromatic rings. The van der Waals surface area contributed by atoms with Crippen LogP contribution in [0.15, 0.2) is 18.2 Å². The van der Waals surface area contributed by atoms with E-state index in [0.29, 0.717) is 23.6 Å². The Balaban J connectivity index is 2.77. The van der Waals surface area contributed by atoms with E-state index in [0.717, 1.165) is 5.56 Å². The predicted octanol–water partition coefficient (Wildman–Crippen LogP) is 1.91. The number of carbonyl (C=O) groups excluding carboxylic acids is 2. The molecule has 0 bridgehead atoms. The molecule has 0 heterocycles. The standard InChI is InChI=1S/C15H21ClN2O3/c1-9(2)6-14(19)18-12(15(17)20)8-10-4-5-13(21-3)11(16)7-10/h4-5,7,9,12H,6,8H2,1-3H3,(H2,17,20)(H,18,19)/t12-/m0/s1. The average molecular weight is 313 g/mol. The Morgan fingerprint density at radius 3 is 2.52 bits per heavy atom. The molecule has 0 fully saturated rings. The molecule has 0 aliphatic carbocycles. The van der Waals surface area contributed by atoms with Gasteiger partial charge in [0.15, 0.2) is 0 Å². The maximum atomic E-state index is 11.8. The molecule has 21 heavy (non-hydrogen) atoms. The van der Waals surface area contributed by atoms with E-state index < -0.39 is 11.9 Å². The van der Waals surface area contributed by atoms with Crippen molar-refractivity contribution in [3.8, 4) is 5.75 Å². The molecule has 1 atom stereocenters. The van der Waals surface area contributed by atoms with Gasteiger partial charge in [-0.05, 0) is 23.6 Å². The number of halogens is 1. The van der Waals surface area contributed by atoms with Gasteiger partial charge in [0.2, 0.25) is 11.8 Å². The summed E-state index contributed by atoms with van der Waals surface area (Å²) in [6.07, 6.45) is 0.649. The molecule has 0 spiro atoms. The Morgan fingerprint density at radius 2 is 2.05 bits per heavy atom. The fourth-order valence-corrected chi connectivity index (χ4v) is 2.20. The summed E-state index contributed by atoms with van der Waals surface area (Å²) in [7, 11) is 1.53. The number of methoxy groups -OCH3 is 1. The number of benzene rings is 1. The van der Waals surface area contributed by atoms with E-state index in [1.54, 1.807) is 18.2 Å². The molecule has 1 rings (SSSR count). The Labute approximate surface area is 129 Å². The fourth-order valence-electron chi connectivity index (χ4n) is 1.92. The van der Waals surface area contributed by atoms with Gasteiger partial charge in [0.1, 0.15) is 11.8 Å². The molecule has 0 aliphatic heterocycles. The minimum absolute atomic E-state index is 0.187. The molecule has 2 amide bonds. The van der Waals surface area contributed by atoms with Crippen molar-refractivity contribution in [3.63, 3.8) is 0 Å². The lowest BCUT2D eigenvalue weighted by atomic mass is 10.0. The number of nitrogens with two attached hydrogens (primary N) is 1. The van der Waals surface area contributed by atoms with E-state index in [-0.39, 0.29) is 11.8 Å². The first kappa shape index (κ1) is 17.3. The van der Waals surface area contributed by atoms with Crippen molar-refractivity contribution >= 4 is 23.4 Å². The SMILES string of the molecule is COc1ccc(C[C@H](NC(=O)CC(C)C)C(N)=O)cc1Cl. The first-order valence-corrected chi connectivity index (χ1v) is 7.12. The van der Waals surface area contributed by atoms with Crippen LogP contribution in [-0.2, 0) is 16.0 Å². The molecule has 0 radical (unpaired) electrons. The highest BCUT2D eigenvalue weighted by atomic mass is 35.5. The number of ether oxygens (including phenoxy) is 1. The van der Waals surface area contributed by atoms with Gasteiger partial charge in [0, 0.05) is 12.8 Å². The van der Waals surface area contributed by atoms with Crippen LogP contribution in [0.5, 0.6) is 5.75 Å². The van der Waals surface area contributed by atoms with E-state index in [2.05, 4.69) is 5.32 Å². The van der Waals surface area contributed by atoms with Crippen LogP contribution in [0.4, 0.5) is 0 Å². The highest BCUT2D eigenvalue weighted by Crippen LogP contribution is 2.25. The van der Waals surface area contributed by atoms with Crippen LogP contribution in [0.3, 0.4) is 0 Å². The number of primary amides is 1. The summed E-state index contributed by atoms with van der Waals surface area (Å²) in [6, 6.07) is 4.45. The third-order valence-electron chi connectivity index (χ3n) is 2.93. The second kappa shape index (κ2) is 7.88. The summed E-state index contributed by atoms with van der Waals surface area (Å²) in [5.74, 6) is 0.0151. The van der Waals surface area contributed by atoms with Gasteiger partial charge in [-0.3, -0.25) is 9.59 Å². The van der Waals surface area contributed by atoms with E-state index in [1.165, 1.54) is 7.11 Å². The van der Waals surface area contributed by atoms with E-state index in [4.69, 9.17) is 22.1 Å². The molecule has 0 saturated heterocycles. The first-order chi connectivity index (χ1) is 9.83. The summed E-state index contributed by atoms with van der Waals surface area (Å²) in [5.41, 5.74) is 6.15. The molecule has 0 aliphatic rings. The number of amides is 2. The smallest absolute Gasteiger partial charge is 0.240 e. The van der Waals surface area contributed by atoms with Crippen molar-refractivity contribution in [2.75, 3.05) is 7.11 Å². The Bertz CT molecular complexity index is 518. The lowest BCUT2D eigenvalue weighted by molar-refractivity contribution is -0.127. The van der Waals surface area contributed by atoms with Gasteiger partial charge < -0.3 is 15.8 Å². The average Bonchev–Trinajstić information content (AvgIpc) is 2.37.